The first kappa shape index (κ1) is 14.3. The third kappa shape index (κ3) is 2.33. The molecule has 0 amide bonds. The van der Waals surface area contributed by atoms with E-state index in [9.17, 15) is 0 Å². The molecule has 3 nitrogen and oxygen atoms in total. The number of hydrogen-bond acceptors (Lipinski definition) is 3. The monoisotopic (exact) mass is 254 g/mol. The van der Waals surface area contributed by atoms with Crippen LogP contribution in [-0.4, -0.2) is 42.8 Å². The topological polar surface area (TPSA) is 38.5 Å². The minimum Gasteiger partial charge on any atom is -0.378 e. The van der Waals surface area contributed by atoms with E-state index in [0.29, 0.717) is 12.0 Å². The van der Waals surface area contributed by atoms with Crippen LogP contribution in [0, 0.1) is 11.8 Å². The molecule has 106 valence electrons. The molecule has 2 rings (SSSR count). The van der Waals surface area contributed by atoms with Gasteiger partial charge in [-0.15, -0.1) is 0 Å². The van der Waals surface area contributed by atoms with Gasteiger partial charge in [0, 0.05) is 24.7 Å². The van der Waals surface area contributed by atoms with Gasteiger partial charge in [0.15, 0.2) is 0 Å². The number of rotatable bonds is 3. The highest BCUT2D eigenvalue weighted by Crippen LogP contribution is 2.42. The summed E-state index contributed by atoms with van der Waals surface area (Å²) in [5.74, 6) is 1.49. The number of nitrogens with two attached hydrogens (primary N) is 1. The largest absolute Gasteiger partial charge is 0.378 e. The van der Waals surface area contributed by atoms with E-state index < -0.39 is 0 Å². The van der Waals surface area contributed by atoms with Crippen molar-refractivity contribution in [3.05, 3.63) is 0 Å². The molecule has 2 fully saturated rings. The zero-order valence-corrected chi connectivity index (χ0v) is 12.3. The Balaban J connectivity index is 2.23. The van der Waals surface area contributed by atoms with Gasteiger partial charge in [-0.2, -0.15) is 0 Å². The van der Waals surface area contributed by atoms with Crippen molar-refractivity contribution in [1.29, 1.82) is 0 Å². The summed E-state index contributed by atoms with van der Waals surface area (Å²) in [7, 11) is 0. The van der Waals surface area contributed by atoms with Gasteiger partial charge in [0.05, 0.1) is 13.2 Å². The molecule has 3 heteroatoms. The fourth-order valence-electron chi connectivity index (χ4n) is 4.13. The standard InChI is InChI=1S/C15H30N2O/c1-4-14-10-18-9-8-17(14)15(11-16)7-5-6-12(2)13(15)3/h12-14H,4-11,16H2,1-3H3. The SMILES string of the molecule is CCC1COCCN1C1(CN)CCCC(C)C1C. The number of morpholine rings is 1. The summed E-state index contributed by atoms with van der Waals surface area (Å²) in [6.07, 6.45) is 5.13. The molecule has 0 aromatic heterocycles. The van der Waals surface area contributed by atoms with Gasteiger partial charge in [-0.3, -0.25) is 4.90 Å². The number of hydrogen-bond donors (Lipinski definition) is 1. The molecule has 1 aliphatic heterocycles. The molecule has 0 aromatic rings. The predicted octanol–water partition coefficient (Wildman–Crippen LogP) is 2.25. The van der Waals surface area contributed by atoms with E-state index in [2.05, 4.69) is 25.7 Å². The Bertz CT molecular complexity index is 271. The van der Waals surface area contributed by atoms with Crippen LogP contribution in [0.4, 0.5) is 0 Å². The van der Waals surface area contributed by atoms with E-state index in [0.717, 1.165) is 32.2 Å². The minimum absolute atomic E-state index is 0.224. The molecule has 1 heterocycles. The zero-order valence-electron chi connectivity index (χ0n) is 12.3. The van der Waals surface area contributed by atoms with E-state index in [1.165, 1.54) is 25.7 Å². The first-order valence-electron chi connectivity index (χ1n) is 7.70. The molecule has 4 atom stereocenters. The number of ether oxygens (including phenoxy) is 1. The number of nitrogens with zero attached hydrogens (tertiary/aromatic N) is 1. The van der Waals surface area contributed by atoms with E-state index in [1.54, 1.807) is 0 Å². The summed E-state index contributed by atoms with van der Waals surface area (Å²) < 4.78 is 5.66. The van der Waals surface area contributed by atoms with Gasteiger partial charge < -0.3 is 10.5 Å². The molecular formula is C15H30N2O. The Morgan fingerprint density at radius 1 is 1.39 bits per heavy atom. The predicted molar refractivity (Wildman–Crippen MR) is 75.6 cm³/mol. The fraction of sp³-hybridized carbons (Fsp3) is 1.00. The minimum atomic E-state index is 0.224. The van der Waals surface area contributed by atoms with Crippen molar-refractivity contribution in [1.82, 2.24) is 4.90 Å². The summed E-state index contributed by atoms with van der Waals surface area (Å²) in [4.78, 5) is 2.71. The van der Waals surface area contributed by atoms with Gasteiger partial charge in [0.1, 0.15) is 0 Å². The molecule has 0 spiro atoms. The molecule has 1 saturated carbocycles. The molecule has 18 heavy (non-hydrogen) atoms. The average Bonchev–Trinajstić information content (AvgIpc) is 2.42. The molecular weight excluding hydrogens is 224 g/mol. The maximum absolute atomic E-state index is 6.26. The molecule has 4 unspecified atom stereocenters. The molecule has 0 bridgehead atoms. The Labute approximate surface area is 112 Å². The fourth-order valence-corrected chi connectivity index (χ4v) is 4.13. The Kier molecular flexibility index (Phi) is 4.68. The Morgan fingerprint density at radius 2 is 2.17 bits per heavy atom. The summed E-state index contributed by atoms with van der Waals surface area (Å²) in [5.41, 5.74) is 6.48. The van der Waals surface area contributed by atoms with Crippen LogP contribution < -0.4 is 5.73 Å². The van der Waals surface area contributed by atoms with Crippen molar-refractivity contribution in [3.63, 3.8) is 0 Å². The quantitative estimate of drug-likeness (QED) is 0.839. The second-order valence-corrected chi connectivity index (χ2v) is 6.30. The van der Waals surface area contributed by atoms with Crippen LogP contribution in [-0.2, 0) is 4.74 Å². The van der Waals surface area contributed by atoms with Crippen molar-refractivity contribution in [2.45, 2.75) is 58.0 Å². The highest BCUT2D eigenvalue weighted by Gasteiger charge is 2.47. The van der Waals surface area contributed by atoms with Gasteiger partial charge >= 0.3 is 0 Å². The van der Waals surface area contributed by atoms with E-state index in [1.807, 2.05) is 0 Å². The van der Waals surface area contributed by atoms with Gasteiger partial charge in [0.25, 0.3) is 0 Å². The second kappa shape index (κ2) is 5.89. The van der Waals surface area contributed by atoms with Crippen LogP contribution in [0.2, 0.25) is 0 Å². The summed E-state index contributed by atoms with van der Waals surface area (Å²) >= 11 is 0. The van der Waals surface area contributed by atoms with E-state index in [4.69, 9.17) is 10.5 Å². The molecule has 2 N–H and O–H groups in total. The Hall–Kier alpha value is -0.120. The molecule has 0 radical (unpaired) electrons. The lowest BCUT2D eigenvalue weighted by Crippen LogP contribution is -2.66. The van der Waals surface area contributed by atoms with Gasteiger partial charge in [-0.1, -0.05) is 33.6 Å². The van der Waals surface area contributed by atoms with Crippen molar-refractivity contribution < 1.29 is 4.74 Å². The van der Waals surface area contributed by atoms with Crippen LogP contribution in [0.1, 0.15) is 46.5 Å². The van der Waals surface area contributed by atoms with Crippen molar-refractivity contribution in [2.24, 2.45) is 17.6 Å². The highest BCUT2D eigenvalue weighted by molar-refractivity contribution is 5.02. The van der Waals surface area contributed by atoms with Crippen molar-refractivity contribution in [3.8, 4) is 0 Å². The van der Waals surface area contributed by atoms with Crippen molar-refractivity contribution in [2.75, 3.05) is 26.3 Å². The highest BCUT2D eigenvalue weighted by atomic mass is 16.5. The Morgan fingerprint density at radius 3 is 2.83 bits per heavy atom. The first-order valence-corrected chi connectivity index (χ1v) is 7.70. The van der Waals surface area contributed by atoms with Crippen LogP contribution in [0.25, 0.3) is 0 Å². The summed E-state index contributed by atoms with van der Waals surface area (Å²) in [6.45, 7) is 10.7. The lowest BCUT2D eigenvalue weighted by molar-refractivity contribution is -0.103. The third-order valence-electron chi connectivity index (χ3n) is 5.59. The van der Waals surface area contributed by atoms with Gasteiger partial charge in [-0.05, 0) is 24.7 Å². The summed E-state index contributed by atoms with van der Waals surface area (Å²) in [5, 5.41) is 0. The van der Waals surface area contributed by atoms with Crippen LogP contribution in [0.5, 0.6) is 0 Å². The zero-order chi connectivity index (χ0) is 13.2. The summed E-state index contributed by atoms with van der Waals surface area (Å²) in [6, 6.07) is 0.565. The van der Waals surface area contributed by atoms with Crippen LogP contribution in [0.3, 0.4) is 0 Å². The molecule has 0 aromatic carbocycles. The van der Waals surface area contributed by atoms with Gasteiger partial charge in [0.2, 0.25) is 0 Å². The van der Waals surface area contributed by atoms with Crippen LogP contribution in [0.15, 0.2) is 0 Å². The maximum Gasteiger partial charge on any atom is 0.0622 e. The van der Waals surface area contributed by atoms with Gasteiger partial charge in [-0.25, -0.2) is 0 Å². The molecule has 1 aliphatic carbocycles. The molecule has 1 saturated heterocycles. The van der Waals surface area contributed by atoms with E-state index in [-0.39, 0.29) is 5.54 Å². The first-order chi connectivity index (χ1) is 8.65. The van der Waals surface area contributed by atoms with E-state index >= 15 is 0 Å². The normalized spacial score (nSPS) is 43.0. The lowest BCUT2D eigenvalue weighted by Gasteiger charge is -2.56. The third-order valence-corrected chi connectivity index (χ3v) is 5.59. The maximum atomic E-state index is 6.26. The van der Waals surface area contributed by atoms with Crippen molar-refractivity contribution >= 4 is 0 Å². The van der Waals surface area contributed by atoms with Crippen LogP contribution >= 0.6 is 0 Å². The smallest absolute Gasteiger partial charge is 0.0622 e. The lowest BCUT2D eigenvalue weighted by atomic mass is 9.66. The average molecular weight is 254 g/mol. The molecule has 2 aliphatic rings. The second-order valence-electron chi connectivity index (χ2n) is 6.30.